The first-order valence-corrected chi connectivity index (χ1v) is 10.7. The van der Waals surface area contributed by atoms with Gasteiger partial charge in [0.1, 0.15) is 0 Å². The van der Waals surface area contributed by atoms with Gasteiger partial charge in [-0.05, 0) is 39.0 Å². The summed E-state index contributed by atoms with van der Waals surface area (Å²) in [4.78, 5) is 20.4. The van der Waals surface area contributed by atoms with Crippen molar-refractivity contribution in [3.05, 3.63) is 0 Å². The SMILES string of the molecule is CCNC(=NCCCOC1CCOCC1)NC1CCN(CC(=O)N(C)C)CC1. The Hall–Kier alpha value is -1.38. The van der Waals surface area contributed by atoms with Crippen molar-refractivity contribution in [2.45, 2.75) is 51.2 Å². The average Bonchev–Trinajstić information content (AvgIpc) is 2.70. The first kappa shape index (κ1) is 22.9. The Labute approximate surface area is 170 Å². The summed E-state index contributed by atoms with van der Waals surface area (Å²) in [6, 6.07) is 0.405. The number of nitrogens with zero attached hydrogens (tertiary/aromatic N) is 3. The Morgan fingerprint density at radius 2 is 1.93 bits per heavy atom. The maximum absolute atomic E-state index is 11.9. The molecule has 0 saturated carbocycles. The summed E-state index contributed by atoms with van der Waals surface area (Å²) >= 11 is 0. The molecule has 0 bridgehead atoms. The quantitative estimate of drug-likeness (QED) is 0.338. The van der Waals surface area contributed by atoms with Crippen molar-refractivity contribution in [3.8, 4) is 0 Å². The fourth-order valence-electron chi connectivity index (χ4n) is 3.43. The number of nitrogens with one attached hydrogen (secondary N) is 2. The zero-order chi connectivity index (χ0) is 20.2. The van der Waals surface area contributed by atoms with Gasteiger partial charge in [-0.3, -0.25) is 14.7 Å². The number of likely N-dealkylation sites (N-methyl/N-ethyl adjacent to an activating group) is 1. The first-order valence-electron chi connectivity index (χ1n) is 10.7. The second-order valence-corrected chi connectivity index (χ2v) is 7.78. The molecule has 0 aliphatic carbocycles. The number of piperidine rings is 1. The number of amides is 1. The van der Waals surface area contributed by atoms with E-state index in [1.165, 1.54) is 0 Å². The van der Waals surface area contributed by atoms with Gasteiger partial charge in [-0.25, -0.2) is 0 Å². The Morgan fingerprint density at radius 3 is 2.57 bits per heavy atom. The second-order valence-electron chi connectivity index (χ2n) is 7.78. The van der Waals surface area contributed by atoms with E-state index in [2.05, 4.69) is 22.5 Å². The second kappa shape index (κ2) is 13.0. The molecule has 2 fully saturated rings. The Balaban J connectivity index is 1.64. The molecule has 2 heterocycles. The topological polar surface area (TPSA) is 78.4 Å². The van der Waals surface area contributed by atoms with Gasteiger partial charge in [0.25, 0.3) is 0 Å². The van der Waals surface area contributed by atoms with Crippen LogP contribution in [0.4, 0.5) is 0 Å². The normalized spacial score (nSPS) is 20.2. The summed E-state index contributed by atoms with van der Waals surface area (Å²) in [7, 11) is 3.62. The number of carbonyl (C=O) groups excluding carboxylic acids is 1. The van der Waals surface area contributed by atoms with Crippen LogP contribution in [0.3, 0.4) is 0 Å². The number of guanidine groups is 1. The van der Waals surface area contributed by atoms with Crippen molar-refractivity contribution in [3.63, 3.8) is 0 Å². The minimum atomic E-state index is 0.171. The summed E-state index contributed by atoms with van der Waals surface area (Å²) in [5.41, 5.74) is 0. The summed E-state index contributed by atoms with van der Waals surface area (Å²) in [5, 5.41) is 6.89. The van der Waals surface area contributed by atoms with Gasteiger partial charge in [0.05, 0.1) is 12.6 Å². The maximum atomic E-state index is 11.9. The smallest absolute Gasteiger partial charge is 0.236 e. The lowest BCUT2D eigenvalue weighted by Gasteiger charge is -2.33. The number of likely N-dealkylation sites (tertiary alicyclic amines) is 1. The maximum Gasteiger partial charge on any atom is 0.236 e. The molecule has 2 aliphatic rings. The van der Waals surface area contributed by atoms with E-state index in [0.717, 1.165) is 84.1 Å². The average molecular weight is 398 g/mol. The lowest BCUT2D eigenvalue weighted by atomic mass is 10.1. The van der Waals surface area contributed by atoms with E-state index in [1.54, 1.807) is 4.90 Å². The summed E-state index contributed by atoms with van der Waals surface area (Å²) in [6.07, 6.45) is 5.35. The van der Waals surface area contributed by atoms with Crippen LogP contribution in [0.2, 0.25) is 0 Å². The van der Waals surface area contributed by atoms with Gasteiger partial charge in [-0.1, -0.05) is 0 Å². The third kappa shape index (κ3) is 8.75. The van der Waals surface area contributed by atoms with E-state index in [0.29, 0.717) is 18.7 Å². The molecule has 28 heavy (non-hydrogen) atoms. The van der Waals surface area contributed by atoms with Crippen LogP contribution in [0.1, 0.15) is 39.0 Å². The number of hydrogen-bond donors (Lipinski definition) is 2. The molecule has 2 rings (SSSR count). The van der Waals surface area contributed by atoms with E-state index in [1.807, 2.05) is 14.1 Å². The van der Waals surface area contributed by atoms with Crippen molar-refractivity contribution < 1.29 is 14.3 Å². The Morgan fingerprint density at radius 1 is 1.21 bits per heavy atom. The monoisotopic (exact) mass is 397 g/mol. The van der Waals surface area contributed by atoms with Crippen LogP contribution < -0.4 is 10.6 Å². The number of carbonyl (C=O) groups is 1. The molecule has 1 amide bonds. The van der Waals surface area contributed by atoms with Crippen LogP contribution in [0.25, 0.3) is 0 Å². The van der Waals surface area contributed by atoms with Crippen LogP contribution in [0, 0.1) is 0 Å². The first-order chi connectivity index (χ1) is 13.6. The zero-order valence-electron chi connectivity index (χ0n) is 17.9. The number of rotatable bonds is 9. The Bertz CT molecular complexity index is 472. The summed E-state index contributed by atoms with van der Waals surface area (Å²) in [6.45, 7) is 8.48. The fourth-order valence-corrected chi connectivity index (χ4v) is 3.43. The highest BCUT2D eigenvalue weighted by Crippen LogP contribution is 2.11. The van der Waals surface area contributed by atoms with Gasteiger partial charge in [0, 0.05) is 66.1 Å². The number of aliphatic imine (C=N–C) groups is 1. The predicted molar refractivity (Wildman–Crippen MR) is 112 cm³/mol. The molecule has 0 radical (unpaired) electrons. The van der Waals surface area contributed by atoms with Crippen LogP contribution in [0.15, 0.2) is 4.99 Å². The number of ether oxygens (including phenoxy) is 2. The van der Waals surface area contributed by atoms with E-state index in [4.69, 9.17) is 14.5 Å². The summed E-state index contributed by atoms with van der Waals surface area (Å²) < 4.78 is 11.3. The van der Waals surface area contributed by atoms with Crippen LogP contribution in [0.5, 0.6) is 0 Å². The molecule has 0 aromatic carbocycles. The van der Waals surface area contributed by atoms with Crippen LogP contribution in [-0.2, 0) is 14.3 Å². The molecule has 0 aromatic rings. The van der Waals surface area contributed by atoms with E-state index in [9.17, 15) is 4.79 Å². The van der Waals surface area contributed by atoms with Crippen LogP contribution >= 0.6 is 0 Å². The van der Waals surface area contributed by atoms with Crippen molar-refractivity contribution >= 4 is 11.9 Å². The molecule has 8 heteroatoms. The van der Waals surface area contributed by atoms with Crippen molar-refractivity contribution in [1.29, 1.82) is 0 Å². The zero-order valence-corrected chi connectivity index (χ0v) is 17.9. The third-order valence-electron chi connectivity index (χ3n) is 5.22. The molecule has 0 unspecified atom stereocenters. The van der Waals surface area contributed by atoms with E-state index < -0.39 is 0 Å². The molecule has 0 atom stereocenters. The molecule has 2 N–H and O–H groups in total. The van der Waals surface area contributed by atoms with E-state index in [-0.39, 0.29) is 5.91 Å². The number of hydrogen-bond acceptors (Lipinski definition) is 5. The van der Waals surface area contributed by atoms with Crippen LogP contribution in [-0.4, -0.2) is 100 Å². The molecule has 0 aromatic heterocycles. The predicted octanol–water partition coefficient (Wildman–Crippen LogP) is 0.680. The molecule has 2 saturated heterocycles. The lowest BCUT2D eigenvalue weighted by molar-refractivity contribution is -0.130. The van der Waals surface area contributed by atoms with Gasteiger partial charge in [-0.2, -0.15) is 0 Å². The van der Waals surface area contributed by atoms with Gasteiger partial charge in [0.15, 0.2) is 5.96 Å². The van der Waals surface area contributed by atoms with Gasteiger partial charge in [-0.15, -0.1) is 0 Å². The molecular formula is C20H39N5O3. The Kier molecular flexibility index (Phi) is 10.6. The van der Waals surface area contributed by atoms with Gasteiger partial charge in [0.2, 0.25) is 5.91 Å². The molecular weight excluding hydrogens is 358 g/mol. The molecule has 162 valence electrons. The van der Waals surface area contributed by atoms with Crippen molar-refractivity contribution in [2.75, 3.05) is 66.6 Å². The van der Waals surface area contributed by atoms with Crippen molar-refractivity contribution in [1.82, 2.24) is 20.4 Å². The molecule has 2 aliphatic heterocycles. The van der Waals surface area contributed by atoms with E-state index >= 15 is 0 Å². The fraction of sp³-hybridized carbons (Fsp3) is 0.900. The highest BCUT2D eigenvalue weighted by molar-refractivity contribution is 5.80. The minimum Gasteiger partial charge on any atom is -0.381 e. The molecule has 0 spiro atoms. The summed E-state index contributed by atoms with van der Waals surface area (Å²) in [5.74, 6) is 1.06. The lowest BCUT2D eigenvalue weighted by Crippen LogP contribution is -2.50. The molecule has 8 nitrogen and oxygen atoms in total. The standard InChI is InChI=1S/C20H39N5O3/c1-4-21-20(22-10-5-13-28-18-8-14-27-15-9-18)23-17-6-11-25(12-7-17)16-19(26)24(2)3/h17-18H,4-16H2,1-3H3,(H2,21,22,23). The highest BCUT2D eigenvalue weighted by atomic mass is 16.5. The largest absolute Gasteiger partial charge is 0.381 e. The van der Waals surface area contributed by atoms with Crippen molar-refractivity contribution in [2.24, 2.45) is 4.99 Å². The minimum absolute atomic E-state index is 0.171. The van der Waals surface area contributed by atoms with Gasteiger partial charge < -0.3 is 25.0 Å². The highest BCUT2D eigenvalue weighted by Gasteiger charge is 2.22. The third-order valence-corrected chi connectivity index (χ3v) is 5.22. The van der Waals surface area contributed by atoms with Gasteiger partial charge >= 0.3 is 0 Å².